The summed E-state index contributed by atoms with van der Waals surface area (Å²) in [5.74, 6) is 2.20. The lowest BCUT2D eigenvalue weighted by Gasteiger charge is -2.11. The second-order valence-electron chi connectivity index (χ2n) is 6.33. The average Bonchev–Trinajstić information content (AvgIpc) is 3.07. The van der Waals surface area contributed by atoms with E-state index in [1.165, 1.54) is 10.9 Å². The van der Waals surface area contributed by atoms with Crippen LogP contribution in [0.25, 0.3) is 10.9 Å². The van der Waals surface area contributed by atoms with Gasteiger partial charge in [0, 0.05) is 29.7 Å². The minimum Gasteiger partial charge on any atom is -0.370 e. The van der Waals surface area contributed by atoms with Crippen LogP contribution in [0.3, 0.4) is 0 Å². The zero-order valence-corrected chi connectivity index (χ0v) is 15.7. The number of fused-ring (bicyclic) bond motifs is 1. The zero-order chi connectivity index (χ0) is 18.6. The van der Waals surface area contributed by atoms with Crippen LogP contribution in [0.4, 0.5) is 17.3 Å². The van der Waals surface area contributed by atoms with Crippen LogP contribution in [-0.2, 0) is 6.42 Å². The van der Waals surface area contributed by atoms with Gasteiger partial charge in [0.25, 0.3) is 0 Å². The van der Waals surface area contributed by atoms with Gasteiger partial charge in [0.05, 0.1) is 10.7 Å². The molecule has 0 bridgehead atoms. The van der Waals surface area contributed by atoms with Crippen molar-refractivity contribution in [3.63, 3.8) is 0 Å². The molecule has 4 rings (SSSR count). The van der Waals surface area contributed by atoms with Gasteiger partial charge in [-0.1, -0.05) is 41.9 Å². The van der Waals surface area contributed by atoms with E-state index in [-0.39, 0.29) is 0 Å². The van der Waals surface area contributed by atoms with Gasteiger partial charge in [0.2, 0.25) is 0 Å². The Labute approximate surface area is 162 Å². The van der Waals surface area contributed by atoms with E-state index in [4.69, 9.17) is 11.6 Å². The van der Waals surface area contributed by atoms with Crippen LogP contribution in [0.5, 0.6) is 0 Å². The first kappa shape index (κ1) is 17.4. The van der Waals surface area contributed by atoms with Crippen LogP contribution in [0.15, 0.2) is 60.8 Å². The van der Waals surface area contributed by atoms with E-state index in [0.717, 1.165) is 30.0 Å². The monoisotopic (exact) mass is 377 g/mol. The van der Waals surface area contributed by atoms with E-state index in [2.05, 4.69) is 50.0 Å². The minimum atomic E-state index is 0.655. The van der Waals surface area contributed by atoms with Gasteiger partial charge in [-0.15, -0.1) is 0 Å². The highest BCUT2D eigenvalue weighted by Crippen LogP contribution is 2.25. The van der Waals surface area contributed by atoms with Crippen LogP contribution in [0.2, 0.25) is 5.02 Å². The van der Waals surface area contributed by atoms with Gasteiger partial charge in [-0.3, -0.25) is 0 Å². The molecule has 0 aliphatic rings. The molecule has 4 aromatic rings. The molecule has 0 saturated heterocycles. The molecule has 2 heterocycles. The van der Waals surface area contributed by atoms with Crippen LogP contribution in [-0.4, -0.2) is 21.5 Å². The Kier molecular flexibility index (Phi) is 4.94. The van der Waals surface area contributed by atoms with E-state index in [0.29, 0.717) is 16.7 Å². The van der Waals surface area contributed by atoms with Crippen molar-refractivity contribution in [1.82, 2.24) is 15.0 Å². The molecule has 0 radical (unpaired) electrons. The van der Waals surface area contributed by atoms with Gasteiger partial charge < -0.3 is 15.6 Å². The molecule has 2 aromatic heterocycles. The number of hydrogen-bond donors (Lipinski definition) is 3. The normalized spacial score (nSPS) is 10.9. The fourth-order valence-corrected chi connectivity index (χ4v) is 3.27. The van der Waals surface area contributed by atoms with Crippen molar-refractivity contribution in [3.05, 3.63) is 77.2 Å². The summed E-state index contributed by atoms with van der Waals surface area (Å²) in [5, 5.41) is 8.56. The summed E-state index contributed by atoms with van der Waals surface area (Å²) in [6, 6.07) is 17.8. The van der Waals surface area contributed by atoms with Crippen molar-refractivity contribution in [3.8, 4) is 0 Å². The van der Waals surface area contributed by atoms with E-state index in [1.807, 2.05) is 43.3 Å². The first-order valence-electron chi connectivity index (χ1n) is 8.85. The summed E-state index contributed by atoms with van der Waals surface area (Å²) in [6.07, 6.45) is 2.97. The van der Waals surface area contributed by atoms with E-state index in [1.54, 1.807) is 0 Å². The summed E-state index contributed by atoms with van der Waals surface area (Å²) >= 11 is 6.22. The summed E-state index contributed by atoms with van der Waals surface area (Å²) in [4.78, 5) is 12.2. The van der Waals surface area contributed by atoms with Gasteiger partial charge in [-0.25, -0.2) is 9.97 Å². The standard InChI is InChI=1S/C21H20ClN5/c1-14-25-20(12-21(26-14)27-19-9-5-3-7-17(19)22)23-11-10-15-13-24-18-8-4-2-6-16(15)18/h2-9,12-13,24H,10-11H2,1H3,(H2,23,25,26,27). The van der Waals surface area contributed by atoms with Crippen LogP contribution >= 0.6 is 11.6 Å². The first-order valence-corrected chi connectivity index (χ1v) is 9.23. The van der Waals surface area contributed by atoms with E-state index >= 15 is 0 Å². The largest absolute Gasteiger partial charge is 0.370 e. The molecule has 0 saturated carbocycles. The molecule has 0 aliphatic carbocycles. The van der Waals surface area contributed by atoms with Crippen LogP contribution in [0, 0.1) is 6.92 Å². The molecule has 0 aliphatic heterocycles. The Morgan fingerprint density at radius 3 is 2.67 bits per heavy atom. The highest BCUT2D eigenvalue weighted by Gasteiger charge is 2.06. The molecule has 5 nitrogen and oxygen atoms in total. The molecule has 2 aromatic carbocycles. The fraction of sp³-hybridized carbons (Fsp3) is 0.143. The van der Waals surface area contributed by atoms with Crippen molar-refractivity contribution < 1.29 is 0 Å². The molecular weight excluding hydrogens is 358 g/mol. The minimum absolute atomic E-state index is 0.655. The van der Waals surface area contributed by atoms with Crippen molar-refractivity contribution in [2.75, 3.05) is 17.2 Å². The fourth-order valence-electron chi connectivity index (χ4n) is 3.09. The predicted octanol–water partition coefficient (Wildman–Crippen LogP) is 5.32. The number of aryl methyl sites for hydroxylation is 1. The Balaban J connectivity index is 1.44. The van der Waals surface area contributed by atoms with Crippen molar-refractivity contribution >= 4 is 39.8 Å². The third kappa shape index (κ3) is 4.04. The van der Waals surface area contributed by atoms with Crippen molar-refractivity contribution in [2.45, 2.75) is 13.3 Å². The highest BCUT2D eigenvalue weighted by atomic mass is 35.5. The first-order chi connectivity index (χ1) is 13.2. The number of rotatable bonds is 6. The smallest absolute Gasteiger partial charge is 0.136 e. The maximum absolute atomic E-state index is 6.22. The van der Waals surface area contributed by atoms with Gasteiger partial charge in [-0.2, -0.15) is 0 Å². The number of anilines is 3. The molecule has 0 spiro atoms. The Morgan fingerprint density at radius 1 is 1.00 bits per heavy atom. The number of nitrogens with zero attached hydrogens (tertiary/aromatic N) is 2. The number of benzene rings is 2. The topological polar surface area (TPSA) is 65.6 Å². The maximum atomic E-state index is 6.22. The maximum Gasteiger partial charge on any atom is 0.136 e. The van der Waals surface area contributed by atoms with Crippen molar-refractivity contribution in [1.29, 1.82) is 0 Å². The molecule has 3 N–H and O–H groups in total. The van der Waals surface area contributed by atoms with Crippen LogP contribution in [0.1, 0.15) is 11.4 Å². The van der Waals surface area contributed by atoms with E-state index < -0.39 is 0 Å². The molecular formula is C21H20ClN5. The number of halogens is 1. The molecule has 136 valence electrons. The lowest BCUT2D eigenvalue weighted by Crippen LogP contribution is -2.08. The number of aromatic nitrogens is 3. The summed E-state index contributed by atoms with van der Waals surface area (Å²) < 4.78 is 0. The second-order valence-corrected chi connectivity index (χ2v) is 6.73. The summed E-state index contributed by atoms with van der Waals surface area (Å²) in [7, 11) is 0. The Bertz CT molecular complexity index is 1070. The Morgan fingerprint density at radius 2 is 1.78 bits per heavy atom. The van der Waals surface area contributed by atoms with Gasteiger partial charge in [-0.05, 0) is 37.1 Å². The molecule has 0 atom stereocenters. The number of para-hydroxylation sites is 2. The van der Waals surface area contributed by atoms with Crippen molar-refractivity contribution in [2.24, 2.45) is 0 Å². The molecule has 27 heavy (non-hydrogen) atoms. The third-order valence-electron chi connectivity index (χ3n) is 4.35. The molecule has 0 unspecified atom stereocenters. The second kappa shape index (κ2) is 7.68. The number of aromatic amines is 1. The quantitative estimate of drug-likeness (QED) is 0.425. The summed E-state index contributed by atoms with van der Waals surface area (Å²) in [5.41, 5.74) is 3.27. The lowest BCUT2D eigenvalue weighted by atomic mass is 10.1. The molecule has 0 fully saturated rings. The van der Waals surface area contributed by atoms with Gasteiger partial charge >= 0.3 is 0 Å². The van der Waals surface area contributed by atoms with E-state index in [9.17, 15) is 0 Å². The zero-order valence-electron chi connectivity index (χ0n) is 15.0. The van der Waals surface area contributed by atoms with Gasteiger partial charge in [0.15, 0.2) is 0 Å². The number of hydrogen-bond acceptors (Lipinski definition) is 4. The third-order valence-corrected chi connectivity index (χ3v) is 4.68. The molecule has 0 amide bonds. The molecule has 6 heteroatoms. The predicted molar refractivity (Wildman–Crippen MR) is 112 cm³/mol. The highest BCUT2D eigenvalue weighted by molar-refractivity contribution is 6.33. The summed E-state index contributed by atoms with van der Waals surface area (Å²) in [6.45, 7) is 2.66. The number of H-pyrrole nitrogens is 1. The van der Waals surface area contributed by atoms with Gasteiger partial charge in [0.1, 0.15) is 17.5 Å². The SMILES string of the molecule is Cc1nc(NCCc2c[nH]c3ccccc23)cc(Nc2ccccc2Cl)n1. The lowest BCUT2D eigenvalue weighted by molar-refractivity contribution is 0.988. The van der Waals surface area contributed by atoms with Crippen LogP contribution < -0.4 is 10.6 Å². The number of nitrogens with one attached hydrogen (secondary N) is 3. The average molecular weight is 378 g/mol. The Hall–Kier alpha value is -3.05.